The van der Waals surface area contributed by atoms with E-state index in [1.165, 1.54) is 0 Å². The van der Waals surface area contributed by atoms with Crippen LogP contribution in [-0.4, -0.2) is 126 Å². The van der Waals surface area contributed by atoms with E-state index in [1.807, 2.05) is 0 Å². The van der Waals surface area contributed by atoms with E-state index in [1.54, 1.807) is 42.5 Å². The molecular formula is C33H50O11. The Bertz CT molecular complexity index is 895. The van der Waals surface area contributed by atoms with Crippen molar-refractivity contribution in [2.24, 2.45) is 0 Å². The van der Waals surface area contributed by atoms with Crippen molar-refractivity contribution >= 4 is 0 Å². The van der Waals surface area contributed by atoms with E-state index in [0.29, 0.717) is 6.61 Å². The molecule has 0 aromatic heterocycles. The Morgan fingerprint density at radius 1 is 0.568 bits per heavy atom. The van der Waals surface area contributed by atoms with Crippen LogP contribution in [0.4, 0.5) is 0 Å². The summed E-state index contributed by atoms with van der Waals surface area (Å²) < 4.78 is 61.6. The van der Waals surface area contributed by atoms with Gasteiger partial charge in [-0.05, 0) is 0 Å². The Balaban J connectivity index is 2.59. The predicted molar refractivity (Wildman–Crippen MR) is 166 cm³/mol. The van der Waals surface area contributed by atoms with Gasteiger partial charge in [0.2, 0.25) is 5.79 Å². The van der Waals surface area contributed by atoms with Gasteiger partial charge in [-0.25, -0.2) is 0 Å². The Morgan fingerprint density at radius 2 is 1.05 bits per heavy atom. The smallest absolute Gasteiger partial charge is 0.224 e. The first-order chi connectivity index (χ1) is 21.5. The highest BCUT2D eigenvalue weighted by Gasteiger charge is 2.61. The van der Waals surface area contributed by atoms with E-state index >= 15 is 0 Å². The molecule has 0 spiro atoms. The molecule has 9 atom stereocenters. The minimum atomic E-state index is -1.61. The molecule has 0 aromatic rings. The molecule has 0 unspecified atom stereocenters. The van der Waals surface area contributed by atoms with Crippen molar-refractivity contribution in [3.63, 3.8) is 0 Å². The van der Waals surface area contributed by atoms with Crippen LogP contribution in [0.2, 0.25) is 0 Å². The molecule has 2 aliphatic rings. The van der Waals surface area contributed by atoms with E-state index in [-0.39, 0.29) is 59.5 Å². The average molecular weight is 623 g/mol. The van der Waals surface area contributed by atoms with Gasteiger partial charge in [0.05, 0.1) is 59.5 Å². The zero-order valence-corrected chi connectivity index (χ0v) is 25.7. The highest BCUT2D eigenvalue weighted by molar-refractivity contribution is 5.02. The Labute approximate surface area is 262 Å². The third-order valence-electron chi connectivity index (χ3n) is 6.57. The number of hydrogen-bond acceptors (Lipinski definition) is 11. The molecule has 2 saturated heterocycles. The van der Waals surface area contributed by atoms with Gasteiger partial charge in [-0.2, -0.15) is 0 Å². The van der Waals surface area contributed by atoms with Crippen LogP contribution in [0.5, 0.6) is 0 Å². The van der Waals surface area contributed by atoms with Gasteiger partial charge in [0.25, 0.3) is 0 Å². The van der Waals surface area contributed by atoms with E-state index in [9.17, 15) is 5.11 Å². The molecule has 11 nitrogen and oxygen atoms in total. The summed E-state index contributed by atoms with van der Waals surface area (Å²) in [6.07, 6.45) is 4.03. The van der Waals surface area contributed by atoms with Gasteiger partial charge in [0.15, 0.2) is 6.29 Å². The van der Waals surface area contributed by atoms with Gasteiger partial charge >= 0.3 is 0 Å². The lowest BCUT2D eigenvalue weighted by molar-refractivity contribution is -0.392. The first kappa shape index (κ1) is 37.9. The van der Waals surface area contributed by atoms with Crippen LogP contribution in [0, 0.1) is 0 Å². The molecule has 2 heterocycles. The average Bonchev–Trinajstić information content (AvgIpc) is 3.30. The third-order valence-corrected chi connectivity index (χ3v) is 6.57. The van der Waals surface area contributed by atoms with Crippen molar-refractivity contribution in [2.45, 2.75) is 54.8 Å². The van der Waals surface area contributed by atoms with Crippen LogP contribution in [-0.2, 0) is 47.4 Å². The third kappa shape index (κ3) is 11.0. The zero-order chi connectivity index (χ0) is 32.2. The summed E-state index contributed by atoms with van der Waals surface area (Å²) in [5.41, 5.74) is 0. The zero-order valence-electron chi connectivity index (χ0n) is 25.7. The van der Waals surface area contributed by atoms with Crippen LogP contribution in [0.1, 0.15) is 0 Å². The molecule has 0 bridgehead atoms. The molecule has 0 saturated carbocycles. The Kier molecular flexibility index (Phi) is 18.5. The van der Waals surface area contributed by atoms with Crippen LogP contribution in [0.3, 0.4) is 0 Å². The van der Waals surface area contributed by atoms with Gasteiger partial charge in [0.1, 0.15) is 49.3 Å². The fourth-order valence-corrected chi connectivity index (χ4v) is 4.84. The Morgan fingerprint density at radius 3 is 1.61 bits per heavy atom. The highest BCUT2D eigenvalue weighted by Crippen LogP contribution is 2.41. The van der Waals surface area contributed by atoms with Crippen molar-refractivity contribution in [3.05, 3.63) is 88.6 Å². The summed E-state index contributed by atoms with van der Waals surface area (Å²) in [6, 6.07) is 0. The predicted octanol–water partition coefficient (Wildman–Crippen LogP) is 3.08. The highest BCUT2D eigenvalue weighted by atomic mass is 16.8. The minimum absolute atomic E-state index is 0.0233. The maximum atomic E-state index is 11.3. The standard InChI is InChI=1S/C33H50O11/c1-8-15-35-22-25-27(34)29(39-19-12-5)30(40-20-13-6)32(42-25)44-33(24-37-17-10-3)31(41-21-14-7)28(38-18-11-4)26(43-33)23-36-16-9-2/h8-14,25-32,34H,1-7,15-24H2/t25-,26-,27-,28-,29+,30-,31+,32-,33+/m1/s1. The summed E-state index contributed by atoms with van der Waals surface area (Å²) in [5.74, 6) is -1.61. The SMILES string of the molecule is C=CCOC[C@H]1O[C@H](O[C@]2(COCC=C)O[C@H](COCC=C)[C@@H](OCC=C)[C@@H]2OCC=C)[C@H](OCC=C)[C@@H](OCC=C)[C@@H]1O. The molecule has 0 amide bonds. The van der Waals surface area contributed by atoms with Crippen molar-refractivity contribution in [1.29, 1.82) is 0 Å². The molecule has 11 heteroatoms. The summed E-state index contributed by atoms with van der Waals surface area (Å²) in [4.78, 5) is 0. The molecule has 2 aliphatic heterocycles. The monoisotopic (exact) mass is 622 g/mol. The van der Waals surface area contributed by atoms with Crippen LogP contribution < -0.4 is 0 Å². The van der Waals surface area contributed by atoms with Gasteiger partial charge in [-0.3, -0.25) is 0 Å². The van der Waals surface area contributed by atoms with E-state index in [2.05, 4.69) is 46.1 Å². The first-order valence-corrected chi connectivity index (χ1v) is 14.6. The maximum Gasteiger partial charge on any atom is 0.224 e. The number of ether oxygens (including phenoxy) is 10. The van der Waals surface area contributed by atoms with Crippen molar-refractivity contribution in [3.8, 4) is 0 Å². The normalized spacial score (nSPS) is 31.7. The maximum absolute atomic E-state index is 11.3. The van der Waals surface area contributed by atoms with Crippen molar-refractivity contribution in [1.82, 2.24) is 0 Å². The molecule has 248 valence electrons. The minimum Gasteiger partial charge on any atom is -0.387 e. The van der Waals surface area contributed by atoms with E-state index in [4.69, 9.17) is 47.4 Å². The number of aliphatic hydroxyl groups excluding tert-OH is 1. The fourth-order valence-electron chi connectivity index (χ4n) is 4.84. The van der Waals surface area contributed by atoms with Crippen LogP contribution in [0.25, 0.3) is 0 Å². The second-order valence-electron chi connectivity index (χ2n) is 9.88. The number of rotatable bonds is 26. The second kappa shape index (κ2) is 21.5. The van der Waals surface area contributed by atoms with Gasteiger partial charge in [-0.15, -0.1) is 46.1 Å². The first-order valence-electron chi connectivity index (χ1n) is 14.6. The fraction of sp³-hybridized carbons (Fsp3) is 0.576. The Hall–Kier alpha value is -2.26. The van der Waals surface area contributed by atoms with E-state index in [0.717, 1.165) is 0 Å². The summed E-state index contributed by atoms with van der Waals surface area (Å²) in [6.45, 7) is 27.6. The van der Waals surface area contributed by atoms with E-state index < -0.39 is 54.8 Å². The topological polar surface area (TPSA) is 113 Å². The molecule has 0 aromatic carbocycles. The lowest BCUT2D eigenvalue weighted by Crippen LogP contribution is -2.64. The summed E-state index contributed by atoms with van der Waals surface area (Å²) in [7, 11) is 0. The molecule has 44 heavy (non-hydrogen) atoms. The van der Waals surface area contributed by atoms with Gasteiger partial charge in [0, 0.05) is 0 Å². The molecule has 0 radical (unpaired) electrons. The van der Waals surface area contributed by atoms with Crippen LogP contribution in [0.15, 0.2) is 88.6 Å². The second-order valence-corrected chi connectivity index (χ2v) is 9.88. The summed E-state index contributed by atoms with van der Waals surface area (Å²) >= 11 is 0. The lowest BCUT2D eigenvalue weighted by Gasteiger charge is -2.47. The van der Waals surface area contributed by atoms with Crippen LogP contribution >= 0.6 is 0 Å². The summed E-state index contributed by atoms with van der Waals surface area (Å²) in [5, 5.41) is 11.3. The van der Waals surface area contributed by atoms with Gasteiger partial charge in [-0.1, -0.05) is 42.5 Å². The number of aliphatic hydroxyl groups is 1. The molecule has 1 N–H and O–H groups in total. The number of hydrogen-bond donors (Lipinski definition) is 1. The molecule has 0 aliphatic carbocycles. The van der Waals surface area contributed by atoms with Gasteiger partial charge < -0.3 is 52.5 Å². The van der Waals surface area contributed by atoms with Crippen molar-refractivity contribution < 1.29 is 52.5 Å². The molecule has 2 fully saturated rings. The molecular weight excluding hydrogens is 572 g/mol. The largest absolute Gasteiger partial charge is 0.387 e. The molecule has 2 rings (SSSR count). The lowest BCUT2D eigenvalue weighted by atomic mass is 9.98. The van der Waals surface area contributed by atoms with Crippen molar-refractivity contribution in [2.75, 3.05) is 66.1 Å². The quantitative estimate of drug-likeness (QED) is 0.113.